The summed E-state index contributed by atoms with van der Waals surface area (Å²) in [4.78, 5) is 20.1. The molecule has 4 atom stereocenters. The minimum Gasteiger partial charge on any atom is -0.461 e. The molecule has 4 fully saturated rings. The average molecular weight is 670 g/mol. The smallest absolute Gasteiger partial charge is 0.319 e. The van der Waals surface area contributed by atoms with Gasteiger partial charge in [-0.2, -0.15) is 9.97 Å². The van der Waals surface area contributed by atoms with E-state index in [1.807, 2.05) is 26.1 Å². The van der Waals surface area contributed by atoms with E-state index in [1.54, 1.807) is 6.07 Å². The van der Waals surface area contributed by atoms with E-state index in [0.29, 0.717) is 37.5 Å². The lowest BCUT2D eigenvalue weighted by atomic mass is 9.78. The molecule has 8 rings (SSSR count). The highest BCUT2D eigenvalue weighted by Gasteiger charge is 2.49. The van der Waals surface area contributed by atoms with Crippen molar-refractivity contribution in [1.82, 2.24) is 19.9 Å². The Bertz CT molecular complexity index is 1880. The first-order valence-corrected chi connectivity index (χ1v) is 18.9. The average Bonchev–Trinajstić information content (AvgIpc) is 3.61. The highest BCUT2D eigenvalue weighted by Crippen LogP contribution is 2.45. The van der Waals surface area contributed by atoms with E-state index in [2.05, 4.69) is 38.1 Å². The summed E-state index contributed by atoms with van der Waals surface area (Å²) in [5, 5.41) is 14.8. The van der Waals surface area contributed by atoms with E-state index in [1.165, 1.54) is 44.1 Å². The minimum atomic E-state index is -0.808. The van der Waals surface area contributed by atoms with Crippen LogP contribution in [0, 0.1) is 5.82 Å². The van der Waals surface area contributed by atoms with E-state index < -0.39 is 5.60 Å². The summed E-state index contributed by atoms with van der Waals surface area (Å²) in [5.74, 6) is 1.10. The number of benzene rings is 2. The third kappa shape index (κ3) is 5.47. The maximum Gasteiger partial charge on any atom is 0.319 e. The van der Waals surface area contributed by atoms with Crippen LogP contribution in [0.2, 0.25) is 0 Å². The normalized spacial score (nSPS) is 26.4. The molecule has 254 valence electrons. The predicted octanol–water partition coefficient (Wildman–Crippen LogP) is 7.45. The number of rotatable bonds is 8. The van der Waals surface area contributed by atoms with Gasteiger partial charge in [-0.1, -0.05) is 32.4 Å². The quantitative estimate of drug-likeness (QED) is 0.195. The van der Waals surface area contributed by atoms with Crippen LogP contribution in [0.15, 0.2) is 30.5 Å². The Kier molecular flexibility index (Phi) is 8.37. The van der Waals surface area contributed by atoms with Crippen molar-refractivity contribution in [2.75, 3.05) is 31.1 Å². The van der Waals surface area contributed by atoms with E-state index in [0.717, 1.165) is 88.4 Å². The van der Waals surface area contributed by atoms with Crippen LogP contribution in [0.1, 0.15) is 102 Å². The number of pyridine rings is 1. The first kappa shape index (κ1) is 32.3. The maximum absolute atomic E-state index is 15.3. The van der Waals surface area contributed by atoms with Gasteiger partial charge in [-0.25, -0.2) is 4.39 Å². The van der Waals surface area contributed by atoms with Crippen molar-refractivity contribution < 1.29 is 14.2 Å². The summed E-state index contributed by atoms with van der Waals surface area (Å²) < 4.78 is 22.0. The van der Waals surface area contributed by atoms with Gasteiger partial charge in [-0.3, -0.25) is 9.88 Å². The minimum absolute atomic E-state index is 0.0443. The van der Waals surface area contributed by atoms with E-state index in [-0.39, 0.29) is 11.4 Å². The number of halogens is 1. The van der Waals surface area contributed by atoms with Gasteiger partial charge in [-0.15, -0.1) is 9.24 Å². The van der Waals surface area contributed by atoms with Gasteiger partial charge in [0.25, 0.3) is 0 Å². The summed E-state index contributed by atoms with van der Waals surface area (Å²) in [5.41, 5.74) is 3.78. The Morgan fingerprint density at radius 2 is 1.88 bits per heavy atom. The molecule has 2 aromatic carbocycles. The summed E-state index contributed by atoms with van der Waals surface area (Å²) >= 11 is 0. The molecule has 3 saturated heterocycles. The number of piperidine rings is 1. The molecule has 7 nitrogen and oxygen atoms in total. The standard InChI is InChI=1S/C39H49FN5O2P/c1-4-27-13-16-39(15-8-18-45(27)39)23-47-37-42-34-30(36(43-37)44-17-7-14-38(3,46)22-44)21-41-33(35(34)48)29-20-26(24-9-6-10-24)19-25-11-12-31(40)28(5-2)32(25)29/h11-12,19-21,24,27,46H,4-10,13-18,22-23,48H2,1-3H3/t27?,38-,39?/m1/s1. The third-order valence-electron chi connectivity index (χ3n) is 12.1. The molecule has 1 aliphatic carbocycles. The zero-order chi connectivity index (χ0) is 33.2. The second kappa shape index (κ2) is 12.4. The first-order valence-electron chi connectivity index (χ1n) is 18.3. The SMILES string of the molecule is CCc1c(F)ccc2cc(C3CCC3)cc(-c3ncc4c(N5CCC[C@@](C)(O)C5)nc(OCC56CCCN5C(CC)CC6)nc4c3P)c12. The van der Waals surface area contributed by atoms with E-state index >= 15 is 4.39 Å². The molecule has 0 amide bonds. The van der Waals surface area contributed by atoms with Gasteiger partial charge in [0.15, 0.2) is 0 Å². The fourth-order valence-corrected chi connectivity index (χ4v) is 9.73. The van der Waals surface area contributed by atoms with Crippen LogP contribution in [0.5, 0.6) is 6.01 Å². The molecule has 3 unspecified atom stereocenters. The molecular weight excluding hydrogens is 620 g/mol. The molecule has 0 bridgehead atoms. The number of β-amino-alcohol motifs (C(OH)–C–C–N with tert-alkyl or cyclic N) is 1. The summed E-state index contributed by atoms with van der Waals surface area (Å²) in [6.07, 6.45) is 13.6. The Morgan fingerprint density at radius 3 is 2.62 bits per heavy atom. The van der Waals surface area contributed by atoms with Crippen LogP contribution in [0.4, 0.5) is 10.2 Å². The number of hydrogen-bond acceptors (Lipinski definition) is 7. The van der Waals surface area contributed by atoms with Gasteiger partial charge in [0.1, 0.15) is 18.2 Å². The number of nitrogens with zero attached hydrogens (tertiary/aromatic N) is 5. The number of ether oxygens (including phenoxy) is 1. The van der Waals surface area contributed by atoms with Crippen LogP contribution in [0.25, 0.3) is 32.9 Å². The van der Waals surface area contributed by atoms with E-state index in [9.17, 15) is 5.11 Å². The number of aromatic nitrogens is 3. The predicted molar refractivity (Wildman–Crippen MR) is 195 cm³/mol. The van der Waals surface area contributed by atoms with Crippen LogP contribution in [0.3, 0.4) is 0 Å². The molecule has 0 radical (unpaired) electrons. The number of aliphatic hydroxyl groups is 1. The monoisotopic (exact) mass is 669 g/mol. The summed E-state index contributed by atoms with van der Waals surface area (Å²) in [7, 11) is 2.93. The van der Waals surface area contributed by atoms with Crippen molar-refractivity contribution in [2.45, 2.75) is 114 Å². The lowest BCUT2D eigenvalue weighted by Crippen LogP contribution is -2.47. The lowest BCUT2D eigenvalue weighted by molar-refractivity contribution is 0.0447. The van der Waals surface area contributed by atoms with Gasteiger partial charge in [0, 0.05) is 36.2 Å². The molecule has 3 aliphatic heterocycles. The molecule has 1 N–H and O–H groups in total. The Balaban J connectivity index is 1.28. The van der Waals surface area contributed by atoms with Gasteiger partial charge in [0.2, 0.25) is 0 Å². The maximum atomic E-state index is 15.3. The van der Waals surface area contributed by atoms with Crippen molar-refractivity contribution in [2.24, 2.45) is 0 Å². The molecule has 48 heavy (non-hydrogen) atoms. The van der Waals surface area contributed by atoms with E-state index in [4.69, 9.17) is 19.7 Å². The third-order valence-corrected chi connectivity index (χ3v) is 12.6. The number of anilines is 1. The number of fused-ring (bicyclic) bond motifs is 3. The molecule has 0 spiro atoms. The largest absolute Gasteiger partial charge is 0.461 e. The first-order chi connectivity index (χ1) is 23.2. The highest BCUT2D eigenvalue weighted by atomic mass is 31.0. The van der Waals surface area contributed by atoms with Gasteiger partial charge >= 0.3 is 6.01 Å². The van der Waals surface area contributed by atoms with Gasteiger partial charge in [-0.05, 0) is 118 Å². The van der Waals surface area contributed by atoms with Crippen LogP contribution >= 0.6 is 9.24 Å². The molecular formula is C39H49FN5O2P. The summed E-state index contributed by atoms with van der Waals surface area (Å²) in [6.45, 7) is 9.19. The summed E-state index contributed by atoms with van der Waals surface area (Å²) in [6, 6.07) is 9.04. The molecule has 2 aromatic heterocycles. The fraction of sp³-hybridized carbons (Fsp3) is 0.564. The van der Waals surface area contributed by atoms with Crippen molar-refractivity contribution in [3.05, 3.63) is 47.4 Å². The molecule has 5 heterocycles. The number of hydrogen-bond donors (Lipinski definition) is 1. The van der Waals surface area contributed by atoms with Crippen LogP contribution < -0.4 is 14.9 Å². The van der Waals surface area contributed by atoms with Crippen molar-refractivity contribution in [1.29, 1.82) is 0 Å². The van der Waals surface area contributed by atoms with Crippen LogP contribution in [-0.2, 0) is 6.42 Å². The lowest BCUT2D eigenvalue weighted by Gasteiger charge is -2.38. The second-order valence-corrected chi connectivity index (χ2v) is 15.8. The zero-order valence-corrected chi connectivity index (χ0v) is 29.8. The van der Waals surface area contributed by atoms with Crippen LogP contribution in [-0.4, -0.2) is 68.4 Å². The Hall–Kier alpha value is -2.93. The topological polar surface area (TPSA) is 74.6 Å². The fourth-order valence-electron chi connectivity index (χ4n) is 9.28. The molecule has 1 saturated carbocycles. The molecule has 4 aromatic rings. The molecule has 4 aliphatic rings. The van der Waals surface area contributed by atoms with Gasteiger partial charge in [0.05, 0.1) is 27.7 Å². The second-order valence-electron chi connectivity index (χ2n) is 15.2. The molecule has 9 heteroatoms. The zero-order valence-electron chi connectivity index (χ0n) is 28.7. The number of aryl methyl sites for hydroxylation is 1. The van der Waals surface area contributed by atoms with Crippen molar-refractivity contribution >= 4 is 42.0 Å². The Labute approximate surface area is 285 Å². The Morgan fingerprint density at radius 1 is 1.04 bits per heavy atom. The van der Waals surface area contributed by atoms with Crippen molar-refractivity contribution in [3.8, 4) is 17.3 Å². The van der Waals surface area contributed by atoms with Crippen molar-refractivity contribution in [3.63, 3.8) is 0 Å². The highest BCUT2D eigenvalue weighted by molar-refractivity contribution is 7.28. The van der Waals surface area contributed by atoms with Gasteiger partial charge < -0.3 is 14.7 Å².